The van der Waals surface area contributed by atoms with Gasteiger partial charge >= 0.3 is 0 Å². The number of rotatable bonds is 6. The summed E-state index contributed by atoms with van der Waals surface area (Å²) in [4.78, 5) is 23.2. The summed E-state index contributed by atoms with van der Waals surface area (Å²) >= 11 is 0. The molecule has 3 saturated heterocycles. The number of hydrogen-bond donors (Lipinski definition) is 3. The van der Waals surface area contributed by atoms with Crippen molar-refractivity contribution in [3.63, 3.8) is 0 Å². The number of hydrogen-bond acceptors (Lipinski definition) is 7. The Bertz CT molecular complexity index is 1230. The number of nitrogens with zero attached hydrogens (tertiary/aromatic N) is 4. The minimum atomic E-state index is -0.194. The highest BCUT2D eigenvalue weighted by atomic mass is 16.3. The summed E-state index contributed by atoms with van der Waals surface area (Å²) in [6.45, 7) is 15.5. The molecular weight excluding hydrogens is 514 g/mol. The van der Waals surface area contributed by atoms with Gasteiger partial charge in [0.05, 0.1) is 5.56 Å². The smallest absolute Gasteiger partial charge is 0.258 e. The molecule has 1 amide bonds. The van der Waals surface area contributed by atoms with Crippen LogP contribution in [-0.2, 0) is 19.6 Å². The Hall–Kier alpha value is -2.65. The molecule has 6 rings (SSSR count). The summed E-state index contributed by atoms with van der Waals surface area (Å²) in [5.74, 6) is -0.274. The van der Waals surface area contributed by atoms with Gasteiger partial charge in [0.15, 0.2) is 0 Å². The van der Waals surface area contributed by atoms with Gasteiger partial charge in [-0.3, -0.25) is 19.5 Å². The van der Waals surface area contributed by atoms with E-state index >= 15 is 0 Å². The van der Waals surface area contributed by atoms with Gasteiger partial charge in [-0.2, -0.15) is 0 Å². The Balaban J connectivity index is 0.998. The molecular formula is C33H47N5O3. The maximum Gasteiger partial charge on any atom is 0.258 e. The minimum Gasteiger partial charge on any atom is -0.508 e. The van der Waals surface area contributed by atoms with Gasteiger partial charge in [0.2, 0.25) is 0 Å². The number of likely N-dealkylation sites (tertiary alicyclic amines) is 1. The number of benzene rings is 2. The molecule has 3 fully saturated rings. The number of phenols is 2. The van der Waals surface area contributed by atoms with E-state index in [0.29, 0.717) is 24.7 Å². The lowest BCUT2D eigenvalue weighted by Crippen LogP contribution is -2.56. The highest BCUT2D eigenvalue weighted by Crippen LogP contribution is 2.35. The molecule has 0 radical (unpaired) electrons. The lowest BCUT2D eigenvalue weighted by Gasteiger charge is -2.45. The summed E-state index contributed by atoms with van der Waals surface area (Å²) in [5.41, 5.74) is 4.61. The van der Waals surface area contributed by atoms with Gasteiger partial charge in [-0.05, 0) is 86.1 Å². The molecule has 4 aliphatic rings. The Morgan fingerprint density at radius 3 is 2.12 bits per heavy atom. The number of piperazine rings is 1. The predicted molar refractivity (Wildman–Crippen MR) is 161 cm³/mol. The van der Waals surface area contributed by atoms with Crippen LogP contribution in [0.4, 0.5) is 0 Å². The molecule has 2 aromatic carbocycles. The van der Waals surface area contributed by atoms with Crippen molar-refractivity contribution in [3.05, 3.63) is 58.1 Å². The minimum absolute atomic E-state index is 0.0302. The number of piperidine rings is 2. The average Bonchev–Trinajstić information content (AvgIpc) is 3.41. The molecule has 4 heterocycles. The van der Waals surface area contributed by atoms with Gasteiger partial charge in [0, 0.05) is 64.0 Å². The Kier molecular flexibility index (Phi) is 8.54. The summed E-state index contributed by atoms with van der Waals surface area (Å²) in [6.07, 6.45) is 5.09. The number of carbonyl (C=O) groups excluding carboxylic acids is 1. The van der Waals surface area contributed by atoms with E-state index < -0.39 is 0 Å². The van der Waals surface area contributed by atoms with Crippen LogP contribution in [0.3, 0.4) is 0 Å². The summed E-state index contributed by atoms with van der Waals surface area (Å²) < 4.78 is 0. The molecule has 8 heteroatoms. The third-order valence-corrected chi connectivity index (χ3v) is 9.93. The third kappa shape index (κ3) is 6.26. The second-order valence-electron chi connectivity index (χ2n) is 12.9. The van der Waals surface area contributed by atoms with Crippen LogP contribution in [0.1, 0.15) is 78.1 Å². The first-order chi connectivity index (χ1) is 19.9. The van der Waals surface area contributed by atoms with E-state index in [2.05, 4.69) is 38.2 Å². The zero-order chi connectivity index (χ0) is 28.5. The van der Waals surface area contributed by atoms with Gasteiger partial charge < -0.3 is 20.4 Å². The number of carbonyl (C=O) groups is 1. The summed E-state index contributed by atoms with van der Waals surface area (Å²) in [6, 6.07) is 11.1. The van der Waals surface area contributed by atoms with E-state index in [1.807, 2.05) is 13.8 Å². The molecule has 4 aliphatic heterocycles. The number of fused-ring (bicyclic) bond motifs is 1. The lowest BCUT2D eigenvalue weighted by atomic mass is 9.98. The average molecular weight is 562 g/mol. The van der Waals surface area contributed by atoms with Gasteiger partial charge in [0.1, 0.15) is 11.5 Å². The van der Waals surface area contributed by atoms with Crippen molar-refractivity contribution in [2.24, 2.45) is 0 Å². The first-order valence-electron chi connectivity index (χ1n) is 15.7. The summed E-state index contributed by atoms with van der Waals surface area (Å²) in [5, 5.41) is 24.1. The van der Waals surface area contributed by atoms with Crippen molar-refractivity contribution in [2.45, 2.75) is 77.2 Å². The zero-order valence-corrected chi connectivity index (χ0v) is 24.8. The monoisotopic (exact) mass is 561 g/mol. The number of nitrogens with one attached hydrogen (secondary N) is 1. The Labute approximate surface area is 244 Å². The Morgan fingerprint density at radius 1 is 0.829 bits per heavy atom. The lowest BCUT2D eigenvalue weighted by molar-refractivity contribution is 0.0352. The van der Waals surface area contributed by atoms with Crippen LogP contribution >= 0.6 is 0 Å². The maximum atomic E-state index is 13.4. The van der Waals surface area contributed by atoms with E-state index in [1.54, 1.807) is 11.0 Å². The van der Waals surface area contributed by atoms with Crippen LogP contribution in [0.15, 0.2) is 30.3 Å². The van der Waals surface area contributed by atoms with Crippen LogP contribution < -0.4 is 5.32 Å². The topological polar surface area (TPSA) is 82.5 Å². The van der Waals surface area contributed by atoms with E-state index in [9.17, 15) is 15.0 Å². The standard InChI is InChI=1S/C33H47N5O3/c1-23(2)29-18-30(32(40)19-31(29)39)33(41)38-21-25-4-3-24(17-26(25)22-38)20-35-11-7-28(8-12-35)37-15-13-36(14-16-37)27-5-9-34-10-6-27/h3-4,17-19,23,27-28,34,39-40H,5-16,20-22H2,1-2H3. The zero-order valence-electron chi connectivity index (χ0n) is 24.8. The molecule has 3 N–H and O–H groups in total. The van der Waals surface area contributed by atoms with Gasteiger partial charge in [0.25, 0.3) is 5.91 Å². The van der Waals surface area contributed by atoms with Crippen molar-refractivity contribution in [3.8, 4) is 11.5 Å². The first-order valence-corrected chi connectivity index (χ1v) is 15.7. The van der Waals surface area contributed by atoms with Crippen molar-refractivity contribution in [1.29, 1.82) is 0 Å². The maximum absolute atomic E-state index is 13.4. The van der Waals surface area contributed by atoms with Crippen LogP contribution in [0.5, 0.6) is 11.5 Å². The second-order valence-corrected chi connectivity index (χ2v) is 12.9. The molecule has 0 atom stereocenters. The van der Waals surface area contributed by atoms with Crippen LogP contribution in [0.2, 0.25) is 0 Å². The third-order valence-electron chi connectivity index (χ3n) is 9.93. The van der Waals surface area contributed by atoms with Gasteiger partial charge in [-0.15, -0.1) is 0 Å². The van der Waals surface area contributed by atoms with Crippen LogP contribution in [-0.4, -0.2) is 100 Å². The van der Waals surface area contributed by atoms with Crippen molar-refractivity contribution >= 4 is 5.91 Å². The number of aromatic hydroxyl groups is 2. The highest BCUT2D eigenvalue weighted by Gasteiger charge is 2.31. The molecule has 8 nitrogen and oxygen atoms in total. The van der Waals surface area contributed by atoms with Crippen LogP contribution in [0, 0.1) is 0 Å². The number of phenolic OH excluding ortho intramolecular Hbond substituents is 2. The first kappa shape index (κ1) is 28.5. The van der Waals surface area contributed by atoms with Crippen LogP contribution in [0.25, 0.3) is 0 Å². The highest BCUT2D eigenvalue weighted by molar-refractivity contribution is 5.97. The molecule has 0 bridgehead atoms. The SMILES string of the molecule is CC(C)c1cc(C(=O)N2Cc3ccc(CN4CCC(N5CCN(C6CCNCC6)CC5)CC4)cc3C2)c(O)cc1O. The predicted octanol–water partition coefficient (Wildman–Crippen LogP) is 3.71. The van der Waals surface area contributed by atoms with E-state index in [4.69, 9.17) is 0 Å². The molecule has 0 unspecified atom stereocenters. The van der Waals surface area contributed by atoms with Gasteiger partial charge in [-0.1, -0.05) is 32.0 Å². The molecule has 2 aromatic rings. The van der Waals surface area contributed by atoms with Gasteiger partial charge in [-0.25, -0.2) is 0 Å². The second kappa shape index (κ2) is 12.3. The molecule has 41 heavy (non-hydrogen) atoms. The molecule has 222 valence electrons. The van der Waals surface area contributed by atoms with Crippen molar-refractivity contribution < 1.29 is 15.0 Å². The summed E-state index contributed by atoms with van der Waals surface area (Å²) in [7, 11) is 0. The normalized spacial score (nSPS) is 22.0. The van der Waals surface area contributed by atoms with E-state index in [1.165, 1.54) is 87.7 Å². The van der Waals surface area contributed by atoms with Crippen molar-refractivity contribution in [2.75, 3.05) is 52.4 Å². The molecule has 0 spiro atoms. The molecule has 0 saturated carbocycles. The quantitative estimate of drug-likeness (QED) is 0.496. The molecule has 0 aliphatic carbocycles. The largest absolute Gasteiger partial charge is 0.508 e. The van der Waals surface area contributed by atoms with Crippen molar-refractivity contribution in [1.82, 2.24) is 24.9 Å². The Morgan fingerprint density at radius 2 is 1.46 bits per heavy atom. The van der Waals surface area contributed by atoms with E-state index in [-0.39, 0.29) is 28.9 Å². The number of amides is 1. The van der Waals surface area contributed by atoms with E-state index in [0.717, 1.165) is 25.7 Å². The fraction of sp³-hybridized carbons (Fsp3) is 0.606. The molecule has 0 aromatic heterocycles. The fourth-order valence-electron chi connectivity index (χ4n) is 7.43. The fourth-order valence-corrected chi connectivity index (χ4v) is 7.43.